The predicted octanol–water partition coefficient (Wildman–Crippen LogP) is 1.50. The summed E-state index contributed by atoms with van der Waals surface area (Å²) >= 11 is 0. The number of carboxylic acids is 1. The molecule has 0 spiro atoms. The monoisotopic (exact) mass is 221 g/mol. The van der Waals surface area contributed by atoms with Gasteiger partial charge in [-0.05, 0) is 30.0 Å². The van der Waals surface area contributed by atoms with Crippen molar-refractivity contribution in [3.05, 3.63) is 29.8 Å². The number of hydrogen-bond acceptors (Lipinski definition) is 3. The quantitative estimate of drug-likeness (QED) is 0.777. The van der Waals surface area contributed by atoms with Gasteiger partial charge in [-0.3, -0.25) is 0 Å². The third-order valence-electron chi connectivity index (χ3n) is 2.37. The second kappa shape index (κ2) is 4.56. The van der Waals surface area contributed by atoms with Gasteiger partial charge in [-0.2, -0.15) is 0 Å². The van der Waals surface area contributed by atoms with Gasteiger partial charge in [0.15, 0.2) is 0 Å². The normalized spacial score (nSPS) is 13.2. The van der Waals surface area contributed by atoms with E-state index in [-0.39, 0.29) is 5.41 Å². The lowest BCUT2D eigenvalue weighted by Crippen LogP contribution is -2.37. The van der Waals surface area contributed by atoms with Crippen molar-refractivity contribution in [1.29, 1.82) is 0 Å². The van der Waals surface area contributed by atoms with E-state index >= 15 is 0 Å². The highest BCUT2D eigenvalue weighted by Gasteiger charge is 2.13. The molecule has 1 rings (SSSR count). The van der Waals surface area contributed by atoms with Crippen molar-refractivity contribution in [3.63, 3.8) is 0 Å². The van der Waals surface area contributed by atoms with E-state index in [1.54, 1.807) is 12.1 Å². The van der Waals surface area contributed by atoms with Crippen LogP contribution in [0, 0.1) is 0 Å². The van der Waals surface area contributed by atoms with Crippen molar-refractivity contribution in [2.24, 2.45) is 0 Å². The molecule has 1 aromatic rings. The fourth-order valence-electron chi connectivity index (χ4n) is 1.29. The Balaban J connectivity index is 2.76. The Kier molecular flexibility index (Phi) is 3.58. The molecule has 88 valence electrons. The van der Waals surface area contributed by atoms with Crippen LogP contribution in [0.5, 0.6) is 5.75 Å². The van der Waals surface area contributed by atoms with Gasteiger partial charge in [0.25, 0.3) is 0 Å². The van der Waals surface area contributed by atoms with E-state index in [1.165, 1.54) is 12.5 Å². The minimum Gasteiger partial charge on any atom is -0.546 e. The van der Waals surface area contributed by atoms with Crippen molar-refractivity contribution < 1.29 is 14.6 Å². The van der Waals surface area contributed by atoms with Crippen molar-refractivity contribution in [1.82, 2.24) is 0 Å². The van der Waals surface area contributed by atoms with Crippen LogP contribution in [0.2, 0.25) is 0 Å². The smallest absolute Gasteiger partial charge is 0.135 e. The predicted molar refractivity (Wildman–Crippen MR) is 60.2 cm³/mol. The molecular weight excluding hydrogens is 204 g/mol. The third-order valence-corrected chi connectivity index (χ3v) is 2.37. The summed E-state index contributed by atoms with van der Waals surface area (Å²) in [4.78, 5) is 10.5. The molecule has 0 amide bonds. The van der Waals surface area contributed by atoms with E-state index in [9.17, 15) is 9.90 Å². The molecule has 1 atom stereocenters. The summed E-state index contributed by atoms with van der Waals surface area (Å²) in [5.41, 5.74) is 1.26. The lowest BCUT2D eigenvalue weighted by Gasteiger charge is -2.20. The number of ether oxygens (including phenoxy) is 1. The molecule has 16 heavy (non-hydrogen) atoms. The summed E-state index contributed by atoms with van der Waals surface area (Å²) in [6.07, 6.45) is -0.930. The zero-order chi connectivity index (χ0) is 12.3. The molecule has 0 bridgehead atoms. The van der Waals surface area contributed by atoms with E-state index in [0.717, 1.165) is 0 Å². The Morgan fingerprint density at radius 3 is 2.12 bits per heavy atom. The van der Waals surface area contributed by atoms with Crippen LogP contribution >= 0.6 is 0 Å². The fraction of sp³-hybridized carbons (Fsp3) is 0.462. The number of hydrogen-bond donors (Lipinski definition) is 0. The molecule has 0 saturated heterocycles. The first-order valence-electron chi connectivity index (χ1n) is 5.29. The summed E-state index contributed by atoms with van der Waals surface area (Å²) in [5.74, 6) is -0.662. The largest absolute Gasteiger partial charge is 0.546 e. The van der Waals surface area contributed by atoms with Gasteiger partial charge in [0.1, 0.15) is 11.9 Å². The highest BCUT2D eigenvalue weighted by molar-refractivity contribution is 5.69. The SMILES string of the molecule is C[C@@H](Oc1ccc(C(C)(C)C)cc1)C(=O)[O-]. The molecule has 0 saturated carbocycles. The van der Waals surface area contributed by atoms with E-state index < -0.39 is 12.1 Å². The van der Waals surface area contributed by atoms with Gasteiger partial charge in [-0.25, -0.2) is 0 Å². The lowest BCUT2D eigenvalue weighted by atomic mass is 9.87. The summed E-state index contributed by atoms with van der Waals surface area (Å²) in [7, 11) is 0. The van der Waals surface area contributed by atoms with Crippen molar-refractivity contribution >= 4 is 5.97 Å². The molecular formula is C13H17O3-. The van der Waals surface area contributed by atoms with Crippen LogP contribution in [0.3, 0.4) is 0 Å². The molecule has 3 heteroatoms. The maximum Gasteiger partial charge on any atom is 0.135 e. The van der Waals surface area contributed by atoms with Crippen LogP contribution in [0.1, 0.15) is 33.3 Å². The summed E-state index contributed by atoms with van der Waals surface area (Å²) in [5, 5.41) is 10.5. The Bertz CT molecular complexity index is 360. The van der Waals surface area contributed by atoms with Crippen LogP contribution in [0.15, 0.2) is 24.3 Å². The molecule has 0 heterocycles. The maximum atomic E-state index is 10.5. The number of carbonyl (C=O) groups excluding carboxylic acids is 1. The average molecular weight is 221 g/mol. The molecule has 0 aliphatic heterocycles. The van der Waals surface area contributed by atoms with Crippen LogP contribution in [0.25, 0.3) is 0 Å². The molecule has 1 aromatic carbocycles. The first kappa shape index (κ1) is 12.6. The van der Waals surface area contributed by atoms with Crippen LogP contribution in [0.4, 0.5) is 0 Å². The van der Waals surface area contributed by atoms with Crippen molar-refractivity contribution in [2.75, 3.05) is 0 Å². The molecule has 0 aromatic heterocycles. The zero-order valence-electron chi connectivity index (χ0n) is 10.1. The number of carboxylic acid groups (broad SMARTS) is 1. The fourth-order valence-corrected chi connectivity index (χ4v) is 1.29. The zero-order valence-corrected chi connectivity index (χ0v) is 10.1. The van der Waals surface area contributed by atoms with E-state index in [0.29, 0.717) is 5.75 Å². The van der Waals surface area contributed by atoms with Crippen LogP contribution < -0.4 is 9.84 Å². The summed E-state index contributed by atoms with van der Waals surface area (Å²) in [6, 6.07) is 7.44. The number of benzene rings is 1. The number of aliphatic carboxylic acids is 1. The first-order valence-corrected chi connectivity index (χ1v) is 5.29. The first-order chi connectivity index (χ1) is 7.30. The molecule has 0 aliphatic rings. The molecule has 0 radical (unpaired) electrons. The van der Waals surface area contributed by atoms with Crippen LogP contribution in [-0.4, -0.2) is 12.1 Å². The average Bonchev–Trinajstić information content (AvgIpc) is 2.17. The second-order valence-electron chi connectivity index (χ2n) is 4.85. The van der Waals surface area contributed by atoms with E-state index in [4.69, 9.17) is 4.74 Å². The van der Waals surface area contributed by atoms with Crippen molar-refractivity contribution in [3.8, 4) is 5.75 Å². The standard InChI is InChI=1S/C13H18O3/c1-9(12(14)15)16-11-7-5-10(6-8-11)13(2,3)4/h5-9H,1-4H3,(H,14,15)/p-1/t9-/m1/s1. The molecule has 0 unspecified atom stereocenters. The minimum absolute atomic E-state index is 0.0818. The maximum absolute atomic E-state index is 10.5. The third kappa shape index (κ3) is 3.26. The van der Waals surface area contributed by atoms with Gasteiger partial charge < -0.3 is 14.6 Å². The van der Waals surface area contributed by atoms with Crippen LogP contribution in [-0.2, 0) is 10.2 Å². The molecule has 0 aliphatic carbocycles. The molecule has 0 N–H and O–H groups in total. The topological polar surface area (TPSA) is 49.4 Å². The number of rotatable bonds is 3. The summed E-state index contributed by atoms with van der Waals surface area (Å²) < 4.78 is 5.18. The van der Waals surface area contributed by atoms with Gasteiger partial charge in [0, 0.05) is 0 Å². The van der Waals surface area contributed by atoms with E-state index in [1.807, 2.05) is 12.1 Å². The number of carbonyl (C=O) groups is 1. The second-order valence-corrected chi connectivity index (χ2v) is 4.85. The molecule has 3 nitrogen and oxygen atoms in total. The Hall–Kier alpha value is -1.51. The van der Waals surface area contributed by atoms with Gasteiger partial charge >= 0.3 is 0 Å². The Labute approximate surface area is 96.1 Å². The Morgan fingerprint density at radius 1 is 1.25 bits per heavy atom. The van der Waals surface area contributed by atoms with E-state index in [2.05, 4.69) is 20.8 Å². The highest BCUT2D eigenvalue weighted by Crippen LogP contribution is 2.24. The van der Waals surface area contributed by atoms with Gasteiger partial charge in [-0.15, -0.1) is 0 Å². The lowest BCUT2D eigenvalue weighted by molar-refractivity contribution is -0.312. The van der Waals surface area contributed by atoms with Gasteiger partial charge in [0.05, 0.1) is 5.97 Å². The van der Waals surface area contributed by atoms with Gasteiger partial charge in [0.2, 0.25) is 0 Å². The van der Waals surface area contributed by atoms with Crippen molar-refractivity contribution in [2.45, 2.75) is 39.2 Å². The molecule has 0 fully saturated rings. The highest BCUT2D eigenvalue weighted by atomic mass is 16.5. The Morgan fingerprint density at radius 2 is 1.75 bits per heavy atom. The summed E-state index contributed by atoms with van der Waals surface area (Å²) in [6.45, 7) is 7.80. The minimum atomic E-state index is -1.21. The van der Waals surface area contributed by atoms with Gasteiger partial charge in [-0.1, -0.05) is 32.9 Å².